The molecule has 0 bridgehead atoms. The summed E-state index contributed by atoms with van der Waals surface area (Å²) in [5.74, 6) is -0.496. The van der Waals surface area contributed by atoms with Crippen LogP contribution in [0.3, 0.4) is 0 Å². The Morgan fingerprint density at radius 1 is 1.55 bits per heavy atom. The van der Waals surface area contributed by atoms with Gasteiger partial charge in [0.1, 0.15) is 6.54 Å². The van der Waals surface area contributed by atoms with Crippen molar-refractivity contribution in [2.75, 3.05) is 20.3 Å². The molecule has 1 heterocycles. The van der Waals surface area contributed by atoms with Crippen LogP contribution in [0, 0.1) is 10.1 Å². The van der Waals surface area contributed by atoms with E-state index in [4.69, 9.17) is 4.74 Å². The number of nitrogens with one attached hydrogen (secondary N) is 2. The summed E-state index contributed by atoms with van der Waals surface area (Å²) in [4.78, 5) is 45.5. The van der Waals surface area contributed by atoms with Gasteiger partial charge in [-0.25, -0.2) is 4.79 Å². The standard InChI is InChI=1S/C10H14N4O6/c1-20-4-2-3-11-8(15)6-13-5-7(14(18)19)9(16)12-10(13)17/h5H,2-4,6H2,1H3,(H,11,15)(H,12,16,17). The van der Waals surface area contributed by atoms with Crippen molar-refractivity contribution in [3.05, 3.63) is 37.1 Å². The summed E-state index contributed by atoms with van der Waals surface area (Å²) in [5, 5.41) is 13.1. The minimum absolute atomic E-state index is 0.354. The van der Waals surface area contributed by atoms with Crippen LogP contribution < -0.4 is 16.6 Å². The van der Waals surface area contributed by atoms with Crippen LogP contribution >= 0.6 is 0 Å². The quantitative estimate of drug-likeness (QED) is 0.359. The van der Waals surface area contributed by atoms with Crippen molar-refractivity contribution >= 4 is 11.6 Å². The topological polar surface area (TPSA) is 136 Å². The molecule has 0 aliphatic rings. The van der Waals surface area contributed by atoms with Crippen LogP contribution in [0.5, 0.6) is 0 Å². The highest BCUT2D eigenvalue weighted by atomic mass is 16.6. The number of methoxy groups -OCH3 is 1. The number of hydrogen-bond donors (Lipinski definition) is 2. The molecule has 0 spiro atoms. The van der Waals surface area contributed by atoms with E-state index >= 15 is 0 Å². The molecule has 0 saturated heterocycles. The molecular weight excluding hydrogens is 272 g/mol. The number of aromatic amines is 1. The van der Waals surface area contributed by atoms with Gasteiger partial charge in [0.2, 0.25) is 5.91 Å². The number of amides is 1. The molecule has 0 radical (unpaired) electrons. The maximum atomic E-state index is 11.5. The summed E-state index contributed by atoms with van der Waals surface area (Å²) in [5.41, 5.74) is -2.78. The van der Waals surface area contributed by atoms with Gasteiger partial charge >= 0.3 is 16.9 Å². The van der Waals surface area contributed by atoms with Crippen molar-refractivity contribution in [3.63, 3.8) is 0 Å². The number of nitro groups is 1. The Labute approximate surface area is 112 Å². The lowest BCUT2D eigenvalue weighted by atomic mass is 10.4. The van der Waals surface area contributed by atoms with Gasteiger partial charge in [0.05, 0.1) is 11.1 Å². The molecule has 0 aliphatic heterocycles. The lowest BCUT2D eigenvalue weighted by Crippen LogP contribution is -2.36. The molecule has 0 aliphatic carbocycles. The minimum atomic E-state index is -1.10. The highest BCUT2D eigenvalue weighted by Gasteiger charge is 2.16. The van der Waals surface area contributed by atoms with Crippen LogP contribution in [-0.4, -0.2) is 40.6 Å². The Balaban J connectivity index is 2.75. The molecule has 20 heavy (non-hydrogen) atoms. The lowest BCUT2D eigenvalue weighted by Gasteiger charge is -2.06. The zero-order valence-electron chi connectivity index (χ0n) is 10.7. The highest BCUT2D eigenvalue weighted by Crippen LogP contribution is 1.98. The lowest BCUT2D eigenvalue weighted by molar-refractivity contribution is -0.386. The molecule has 1 rings (SSSR count). The SMILES string of the molecule is COCCCNC(=O)Cn1cc([N+](=O)[O-])c(=O)[nH]c1=O. The molecule has 2 N–H and O–H groups in total. The average Bonchev–Trinajstić information content (AvgIpc) is 2.37. The molecule has 0 saturated carbocycles. The molecule has 0 atom stereocenters. The molecule has 0 fully saturated rings. The normalized spacial score (nSPS) is 10.2. The van der Waals surface area contributed by atoms with E-state index < -0.39 is 34.3 Å². The number of nitrogens with zero attached hydrogens (tertiary/aromatic N) is 2. The number of hydrogen-bond acceptors (Lipinski definition) is 6. The number of carbonyl (C=O) groups is 1. The van der Waals surface area contributed by atoms with E-state index in [9.17, 15) is 24.5 Å². The first-order valence-corrected chi connectivity index (χ1v) is 5.69. The van der Waals surface area contributed by atoms with Crippen LogP contribution in [0.4, 0.5) is 5.69 Å². The molecule has 0 unspecified atom stereocenters. The molecule has 10 nitrogen and oxygen atoms in total. The van der Waals surface area contributed by atoms with E-state index in [0.717, 1.165) is 10.8 Å². The summed E-state index contributed by atoms with van der Waals surface area (Å²) >= 11 is 0. The van der Waals surface area contributed by atoms with Gasteiger partial charge in [0.15, 0.2) is 0 Å². The van der Waals surface area contributed by atoms with Gasteiger partial charge in [-0.15, -0.1) is 0 Å². The first-order valence-electron chi connectivity index (χ1n) is 5.69. The Kier molecular flexibility index (Phi) is 5.59. The van der Waals surface area contributed by atoms with E-state index in [2.05, 4.69) is 5.32 Å². The monoisotopic (exact) mass is 286 g/mol. The summed E-state index contributed by atoms with van der Waals surface area (Å²) in [6.07, 6.45) is 1.35. The molecule has 110 valence electrons. The number of carbonyl (C=O) groups excluding carboxylic acids is 1. The van der Waals surface area contributed by atoms with Crippen molar-refractivity contribution < 1.29 is 14.5 Å². The van der Waals surface area contributed by atoms with Gasteiger partial charge in [-0.3, -0.25) is 29.3 Å². The molecule has 0 aromatic carbocycles. The minimum Gasteiger partial charge on any atom is -0.385 e. The van der Waals surface area contributed by atoms with Gasteiger partial charge in [0, 0.05) is 20.3 Å². The van der Waals surface area contributed by atoms with E-state index in [0.29, 0.717) is 19.6 Å². The third-order valence-corrected chi connectivity index (χ3v) is 2.35. The van der Waals surface area contributed by atoms with Gasteiger partial charge in [-0.2, -0.15) is 0 Å². The molecular formula is C10H14N4O6. The molecule has 1 aromatic heterocycles. The van der Waals surface area contributed by atoms with Crippen molar-refractivity contribution in [3.8, 4) is 0 Å². The zero-order chi connectivity index (χ0) is 15.1. The Morgan fingerprint density at radius 2 is 2.25 bits per heavy atom. The first kappa shape index (κ1) is 15.6. The van der Waals surface area contributed by atoms with Crippen molar-refractivity contribution in [2.24, 2.45) is 0 Å². The Bertz CT molecular complexity index is 605. The van der Waals surface area contributed by atoms with Gasteiger partial charge in [0.25, 0.3) is 0 Å². The van der Waals surface area contributed by atoms with E-state index in [-0.39, 0.29) is 0 Å². The van der Waals surface area contributed by atoms with Gasteiger partial charge < -0.3 is 10.1 Å². The van der Waals surface area contributed by atoms with Crippen LogP contribution in [0.15, 0.2) is 15.8 Å². The Morgan fingerprint density at radius 3 is 2.85 bits per heavy atom. The highest BCUT2D eigenvalue weighted by molar-refractivity contribution is 5.75. The predicted octanol–water partition coefficient (Wildman–Crippen LogP) is -1.40. The maximum Gasteiger partial charge on any atom is 0.350 e. The summed E-state index contributed by atoms with van der Waals surface area (Å²) in [6, 6.07) is 0. The van der Waals surface area contributed by atoms with Gasteiger partial charge in [-0.05, 0) is 6.42 Å². The second-order valence-electron chi connectivity index (χ2n) is 3.85. The van der Waals surface area contributed by atoms with Crippen LogP contribution in [0.2, 0.25) is 0 Å². The van der Waals surface area contributed by atoms with Crippen molar-refractivity contribution in [2.45, 2.75) is 13.0 Å². The van der Waals surface area contributed by atoms with E-state index in [1.807, 2.05) is 0 Å². The van der Waals surface area contributed by atoms with Crippen molar-refractivity contribution in [1.82, 2.24) is 14.9 Å². The number of aromatic nitrogens is 2. The van der Waals surface area contributed by atoms with E-state index in [1.54, 1.807) is 4.98 Å². The van der Waals surface area contributed by atoms with Crippen LogP contribution in [0.25, 0.3) is 0 Å². The van der Waals surface area contributed by atoms with Gasteiger partial charge in [-0.1, -0.05) is 0 Å². The van der Waals surface area contributed by atoms with E-state index in [1.165, 1.54) is 7.11 Å². The fourth-order valence-electron chi connectivity index (χ4n) is 1.40. The number of rotatable bonds is 7. The fourth-order valence-corrected chi connectivity index (χ4v) is 1.40. The summed E-state index contributed by atoms with van der Waals surface area (Å²) in [7, 11) is 1.53. The van der Waals surface area contributed by atoms with Crippen molar-refractivity contribution in [1.29, 1.82) is 0 Å². The second kappa shape index (κ2) is 7.19. The average molecular weight is 286 g/mol. The number of ether oxygens (including phenoxy) is 1. The number of H-pyrrole nitrogens is 1. The fraction of sp³-hybridized carbons (Fsp3) is 0.500. The molecule has 1 aromatic rings. The smallest absolute Gasteiger partial charge is 0.350 e. The maximum absolute atomic E-state index is 11.5. The van der Waals surface area contributed by atoms with Crippen LogP contribution in [-0.2, 0) is 16.1 Å². The third kappa shape index (κ3) is 4.31. The molecule has 1 amide bonds. The largest absolute Gasteiger partial charge is 0.385 e. The predicted molar refractivity (Wildman–Crippen MR) is 67.5 cm³/mol. The molecule has 10 heteroatoms. The zero-order valence-corrected chi connectivity index (χ0v) is 10.7. The second-order valence-corrected chi connectivity index (χ2v) is 3.85. The summed E-state index contributed by atoms with van der Waals surface area (Å²) in [6.45, 7) is 0.417. The van der Waals surface area contributed by atoms with Crippen LogP contribution in [0.1, 0.15) is 6.42 Å². The Hall–Kier alpha value is -2.49. The summed E-state index contributed by atoms with van der Waals surface area (Å²) < 4.78 is 5.56. The first-order chi connectivity index (χ1) is 9.45. The third-order valence-electron chi connectivity index (χ3n) is 2.35.